The van der Waals surface area contributed by atoms with E-state index in [4.69, 9.17) is 5.11 Å². The Morgan fingerprint density at radius 2 is 2.04 bits per heavy atom. The minimum Gasteiger partial charge on any atom is -0.465 e. The van der Waals surface area contributed by atoms with Gasteiger partial charge < -0.3 is 10.0 Å². The van der Waals surface area contributed by atoms with Crippen LogP contribution in [0.4, 0.5) is 16.3 Å². The molecule has 1 aromatic heterocycles. The predicted octanol–water partition coefficient (Wildman–Crippen LogP) is 4.90. The van der Waals surface area contributed by atoms with Crippen LogP contribution in [0.5, 0.6) is 0 Å². The van der Waals surface area contributed by atoms with Crippen LogP contribution in [-0.2, 0) is 6.42 Å². The summed E-state index contributed by atoms with van der Waals surface area (Å²) in [4.78, 5) is 21.5. The van der Waals surface area contributed by atoms with Crippen LogP contribution >= 0.6 is 36.2 Å². The van der Waals surface area contributed by atoms with Crippen molar-refractivity contribution in [3.05, 3.63) is 39.2 Å². The van der Waals surface area contributed by atoms with Gasteiger partial charge in [0, 0.05) is 25.4 Å². The molecular formula is C17H24Cl2N4O2S. The summed E-state index contributed by atoms with van der Waals surface area (Å²) >= 11 is 1.45. The van der Waals surface area contributed by atoms with Gasteiger partial charge in [0.2, 0.25) is 0 Å². The van der Waals surface area contributed by atoms with Crippen LogP contribution in [0.25, 0.3) is 0 Å². The Morgan fingerprint density at radius 1 is 1.35 bits per heavy atom. The number of halogens is 2. The lowest BCUT2D eigenvalue weighted by molar-refractivity contribution is 0.209. The molecule has 2 aromatic rings. The predicted molar refractivity (Wildman–Crippen MR) is 113 cm³/mol. The number of carbonyl (C=O) groups is 1. The number of aromatic nitrogens is 1. The second kappa shape index (κ2) is 11.0. The average molecular weight is 419 g/mol. The molecule has 0 radical (unpaired) electrons. The molecule has 1 amide bonds. The lowest BCUT2D eigenvalue weighted by Gasteiger charge is -2.11. The third-order valence-electron chi connectivity index (χ3n) is 3.68. The molecule has 0 saturated carbocycles. The summed E-state index contributed by atoms with van der Waals surface area (Å²) in [5.74, 6) is 0.376. The molecule has 0 fully saturated rings. The number of nitrogens with zero attached hydrogens (tertiary/aromatic N) is 3. The lowest BCUT2D eigenvalue weighted by atomic mass is 10.0. The summed E-state index contributed by atoms with van der Waals surface area (Å²) in [5.41, 5.74) is 4.39. The summed E-state index contributed by atoms with van der Waals surface area (Å²) in [6, 6.07) is 4.20. The fraction of sp³-hybridized carbons (Fsp3) is 0.353. The van der Waals surface area contributed by atoms with Crippen molar-refractivity contribution in [2.45, 2.75) is 27.2 Å². The van der Waals surface area contributed by atoms with E-state index in [1.807, 2.05) is 25.2 Å². The number of rotatable bonds is 6. The molecule has 0 aliphatic heterocycles. The highest BCUT2D eigenvalue weighted by Crippen LogP contribution is 2.26. The number of nitrogens with one attached hydrogen (secondary N) is 1. The SMILES string of the molecule is CCN(C)/C=N/c1cc(C)c(Cc2nc(NC(=O)O)cs2)cc1C.Cl.Cl. The van der Waals surface area contributed by atoms with Gasteiger partial charge in [0.05, 0.1) is 17.0 Å². The van der Waals surface area contributed by atoms with Gasteiger partial charge in [-0.2, -0.15) is 0 Å². The molecular weight excluding hydrogens is 395 g/mol. The van der Waals surface area contributed by atoms with Crippen LogP contribution in [0.3, 0.4) is 0 Å². The number of aryl methyl sites for hydroxylation is 2. The summed E-state index contributed by atoms with van der Waals surface area (Å²) < 4.78 is 0. The Hall–Kier alpha value is -1.83. The van der Waals surface area contributed by atoms with Crippen molar-refractivity contribution in [3.8, 4) is 0 Å². The standard InChI is InChI=1S/C17H22N4O2S.2ClH/c1-5-21(4)10-18-14-7-11(2)13(6-12(14)3)8-16-19-15(9-24-16)20-17(22)23;;/h6-7,9-10,20H,5,8H2,1-4H3,(H,22,23);2*1H/b18-10+;;. The van der Waals surface area contributed by atoms with Crippen molar-refractivity contribution >= 4 is 60.1 Å². The normalized spacial score (nSPS) is 10.2. The highest BCUT2D eigenvalue weighted by molar-refractivity contribution is 7.10. The molecule has 1 aromatic carbocycles. The summed E-state index contributed by atoms with van der Waals surface area (Å²) in [6.07, 6.45) is 1.42. The maximum absolute atomic E-state index is 10.6. The molecule has 0 aliphatic carbocycles. The fourth-order valence-electron chi connectivity index (χ4n) is 2.15. The third kappa shape index (κ3) is 6.82. The van der Waals surface area contributed by atoms with Gasteiger partial charge in [0.1, 0.15) is 5.82 Å². The average Bonchev–Trinajstić information content (AvgIpc) is 2.95. The summed E-state index contributed by atoms with van der Waals surface area (Å²) in [7, 11) is 1.99. The summed E-state index contributed by atoms with van der Waals surface area (Å²) in [5, 5.41) is 13.6. The molecule has 0 bridgehead atoms. The first-order chi connectivity index (χ1) is 11.4. The largest absolute Gasteiger partial charge is 0.465 e. The first kappa shape index (κ1) is 24.2. The van der Waals surface area contributed by atoms with Crippen LogP contribution in [-0.4, -0.2) is 41.0 Å². The Kier molecular flexibility index (Phi) is 10.2. The minimum atomic E-state index is -1.10. The molecule has 26 heavy (non-hydrogen) atoms. The van der Waals surface area contributed by atoms with Crippen LogP contribution < -0.4 is 5.32 Å². The van der Waals surface area contributed by atoms with Crippen LogP contribution in [0.15, 0.2) is 22.5 Å². The van der Waals surface area contributed by atoms with Crippen LogP contribution in [0, 0.1) is 13.8 Å². The number of amides is 1. The molecule has 2 N–H and O–H groups in total. The Morgan fingerprint density at radius 3 is 2.65 bits per heavy atom. The van der Waals surface area contributed by atoms with Gasteiger partial charge in [-0.3, -0.25) is 5.32 Å². The van der Waals surface area contributed by atoms with E-state index in [0.29, 0.717) is 12.2 Å². The van der Waals surface area contributed by atoms with Gasteiger partial charge in [-0.1, -0.05) is 6.07 Å². The van der Waals surface area contributed by atoms with E-state index in [0.717, 1.165) is 28.4 Å². The van der Waals surface area contributed by atoms with E-state index in [1.54, 1.807) is 5.38 Å². The highest BCUT2D eigenvalue weighted by atomic mass is 35.5. The maximum atomic E-state index is 10.6. The van der Waals surface area contributed by atoms with E-state index in [9.17, 15) is 4.79 Å². The molecule has 1 heterocycles. The van der Waals surface area contributed by atoms with Crippen LogP contribution in [0.1, 0.15) is 28.6 Å². The number of hydrogen-bond donors (Lipinski definition) is 2. The zero-order valence-electron chi connectivity index (χ0n) is 15.1. The van der Waals surface area contributed by atoms with Crippen LogP contribution in [0.2, 0.25) is 0 Å². The molecule has 0 unspecified atom stereocenters. The van der Waals surface area contributed by atoms with Gasteiger partial charge in [-0.25, -0.2) is 14.8 Å². The zero-order valence-corrected chi connectivity index (χ0v) is 17.6. The fourth-order valence-corrected chi connectivity index (χ4v) is 2.90. The molecule has 144 valence electrons. The van der Waals surface area contributed by atoms with Crippen molar-refractivity contribution in [1.82, 2.24) is 9.88 Å². The molecule has 6 nitrogen and oxygen atoms in total. The monoisotopic (exact) mass is 418 g/mol. The van der Waals surface area contributed by atoms with E-state index in [1.165, 1.54) is 16.9 Å². The van der Waals surface area contributed by atoms with Gasteiger partial charge in [0.15, 0.2) is 0 Å². The second-order valence-electron chi connectivity index (χ2n) is 5.62. The smallest absolute Gasteiger partial charge is 0.410 e. The lowest BCUT2D eigenvalue weighted by Crippen LogP contribution is -2.14. The van der Waals surface area contributed by atoms with E-state index in [-0.39, 0.29) is 24.8 Å². The van der Waals surface area contributed by atoms with Gasteiger partial charge >= 0.3 is 6.09 Å². The van der Waals surface area contributed by atoms with E-state index in [2.05, 4.69) is 41.3 Å². The minimum absolute atomic E-state index is 0. The van der Waals surface area contributed by atoms with Crippen molar-refractivity contribution in [2.75, 3.05) is 18.9 Å². The second-order valence-corrected chi connectivity index (χ2v) is 6.56. The van der Waals surface area contributed by atoms with Crippen molar-refractivity contribution in [2.24, 2.45) is 4.99 Å². The molecule has 0 saturated heterocycles. The van der Waals surface area contributed by atoms with Gasteiger partial charge in [0.25, 0.3) is 0 Å². The quantitative estimate of drug-likeness (QED) is 0.516. The zero-order chi connectivity index (χ0) is 17.7. The number of hydrogen-bond acceptors (Lipinski definition) is 4. The highest BCUT2D eigenvalue weighted by Gasteiger charge is 2.09. The topological polar surface area (TPSA) is 77.8 Å². The maximum Gasteiger partial charge on any atom is 0.410 e. The number of benzene rings is 1. The van der Waals surface area contributed by atoms with Gasteiger partial charge in [-0.05, 0) is 43.5 Å². The van der Waals surface area contributed by atoms with Crippen molar-refractivity contribution in [1.29, 1.82) is 0 Å². The molecule has 0 atom stereocenters. The molecule has 0 aliphatic rings. The summed E-state index contributed by atoms with van der Waals surface area (Å²) in [6.45, 7) is 7.09. The Balaban J connectivity index is 0.00000312. The third-order valence-corrected chi connectivity index (χ3v) is 4.52. The Labute approximate surface area is 170 Å². The van der Waals surface area contributed by atoms with E-state index >= 15 is 0 Å². The Bertz CT molecular complexity index is 765. The first-order valence-corrected chi connectivity index (χ1v) is 8.56. The number of anilines is 1. The molecule has 0 spiro atoms. The van der Waals surface area contributed by atoms with Crippen molar-refractivity contribution < 1.29 is 9.90 Å². The molecule has 2 rings (SSSR count). The first-order valence-electron chi connectivity index (χ1n) is 7.68. The van der Waals surface area contributed by atoms with E-state index < -0.39 is 6.09 Å². The number of thiazole rings is 1. The number of aliphatic imine (C=N–C) groups is 1. The van der Waals surface area contributed by atoms with Gasteiger partial charge in [-0.15, -0.1) is 36.2 Å². The number of carboxylic acid groups (broad SMARTS) is 1. The molecule has 9 heteroatoms. The van der Waals surface area contributed by atoms with Crippen molar-refractivity contribution in [3.63, 3.8) is 0 Å².